The first-order valence-electron chi connectivity index (χ1n) is 8.32. The lowest BCUT2D eigenvalue weighted by atomic mass is 10.2. The minimum absolute atomic E-state index is 0.307. The maximum absolute atomic E-state index is 13.1. The highest BCUT2D eigenvalue weighted by Gasteiger charge is 2.30. The van der Waals surface area contributed by atoms with Gasteiger partial charge in [-0.2, -0.15) is 5.26 Å². The van der Waals surface area contributed by atoms with Gasteiger partial charge in [0.1, 0.15) is 5.82 Å². The molecule has 0 bridgehead atoms. The van der Waals surface area contributed by atoms with Gasteiger partial charge >= 0.3 is 0 Å². The third kappa shape index (κ3) is 3.89. The minimum atomic E-state index is -0.356. The Hall–Kier alpha value is -3.20. The van der Waals surface area contributed by atoms with Gasteiger partial charge in [0.2, 0.25) is 12.4 Å². The second-order valence-electron chi connectivity index (χ2n) is 6.99. The van der Waals surface area contributed by atoms with Crippen LogP contribution in [0.5, 0.6) is 0 Å². The van der Waals surface area contributed by atoms with Crippen LogP contribution in [0.15, 0.2) is 42.5 Å². The summed E-state index contributed by atoms with van der Waals surface area (Å²) in [7, 11) is 0. The molecule has 1 saturated carbocycles. The first kappa shape index (κ1) is 17.6. The first-order chi connectivity index (χ1) is 12.4. The second-order valence-corrected chi connectivity index (χ2v) is 6.99. The molecule has 0 saturated heterocycles. The van der Waals surface area contributed by atoms with Gasteiger partial charge in [-0.3, -0.25) is 14.7 Å². The summed E-state index contributed by atoms with van der Waals surface area (Å²) in [5.41, 5.74) is 3.15. The van der Waals surface area contributed by atoms with Crippen molar-refractivity contribution in [2.24, 2.45) is 5.41 Å². The number of fused-ring (bicyclic) bond motifs is 1. The topological polar surface area (TPSA) is 70.7 Å². The molecule has 4 rings (SSSR count). The quantitative estimate of drug-likeness (QED) is 0.711. The molecule has 1 amide bonds. The second kappa shape index (κ2) is 6.96. The number of aromatic nitrogens is 2. The van der Waals surface area contributed by atoms with Crippen molar-refractivity contribution in [1.82, 2.24) is 9.55 Å². The molecule has 0 unspecified atom stereocenters. The van der Waals surface area contributed by atoms with Crippen molar-refractivity contribution in [1.29, 1.82) is 5.26 Å². The maximum atomic E-state index is 13.1. The van der Waals surface area contributed by atoms with E-state index in [1.54, 1.807) is 34.9 Å². The Morgan fingerprint density at radius 3 is 2.42 bits per heavy atom. The lowest BCUT2D eigenvalue weighted by Gasteiger charge is -2.08. The molecule has 5 nitrogen and oxygen atoms in total. The summed E-state index contributed by atoms with van der Waals surface area (Å²) in [6, 6.07) is 12.9. The van der Waals surface area contributed by atoms with E-state index in [1.807, 2.05) is 0 Å². The van der Waals surface area contributed by atoms with Crippen LogP contribution in [0.4, 0.5) is 10.3 Å². The Kier molecular flexibility index (Phi) is 4.72. The summed E-state index contributed by atoms with van der Waals surface area (Å²) in [5.74, 6) is -0.0486. The van der Waals surface area contributed by atoms with Crippen molar-refractivity contribution in [3.8, 4) is 11.8 Å². The Morgan fingerprint density at radius 2 is 1.88 bits per heavy atom. The molecule has 26 heavy (non-hydrogen) atoms. The molecule has 2 aromatic carbocycles. The molecule has 1 heterocycles. The lowest BCUT2D eigenvalue weighted by Crippen LogP contribution is -2.04. The molecule has 1 aliphatic carbocycles. The average Bonchev–Trinajstić information content (AvgIpc) is 3.20. The third-order valence-electron chi connectivity index (χ3n) is 4.31. The fourth-order valence-electron chi connectivity index (χ4n) is 2.40. The van der Waals surface area contributed by atoms with Crippen LogP contribution in [0.25, 0.3) is 16.7 Å². The minimum Gasteiger partial charge on any atom is -0.298 e. The molecule has 132 valence electrons. The van der Waals surface area contributed by atoms with Crippen LogP contribution >= 0.6 is 0 Å². The molecule has 0 spiro atoms. The van der Waals surface area contributed by atoms with Crippen molar-refractivity contribution in [3.63, 3.8) is 0 Å². The number of nitriles is 1. The van der Waals surface area contributed by atoms with Gasteiger partial charge in [0.25, 0.3) is 0 Å². The molecule has 1 aromatic heterocycles. The van der Waals surface area contributed by atoms with Gasteiger partial charge < -0.3 is 0 Å². The molecule has 3 aromatic rings. The number of imidazole rings is 1. The smallest absolute Gasteiger partial charge is 0.215 e. The molecule has 0 radical (unpaired) electrons. The fraction of sp³-hybridized carbons (Fsp3) is 0.250. The number of carbonyl (C=O) groups excluding carboxylic acids is 1. The van der Waals surface area contributed by atoms with Crippen LogP contribution in [-0.4, -0.2) is 16.0 Å². The highest BCUT2D eigenvalue weighted by atomic mass is 19.1. The van der Waals surface area contributed by atoms with E-state index < -0.39 is 0 Å². The van der Waals surface area contributed by atoms with Crippen molar-refractivity contribution in [3.05, 3.63) is 53.8 Å². The summed E-state index contributed by atoms with van der Waals surface area (Å²) in [6.45, 7) is 4.60. The molecule has 1 fully saturated rings. The average molecular weight is 350 g/mol. The summed E-state index contributed by atoms with van der Waals surface area (Å²) < 4.78 is 14.7. The van der Waals surface area contributed by atoms with Gasteiger partial charge in [-0.05, 0) is 60.7 Å². The van der Waals surface area contributed by atoms with Crippen molar-refractivity contribution in [2.75, 3.05) is 5.32 Å². The van der Waals surface area contributed by atoms with Gasteiger partial charge in [0.05, 0.1) is 22.7 Å². The van der Waals surface area contributed by atoms with Crippen LogP contribution in [0, 0.1) is 22.6 Å². The standard InChI is InChI=1S/C15H9FN4O.C5H10/c16-11-2-4-12(5-3-11)20-14-7-10(8-17)1-6-13(14)19-15(20)18-9-21;1-5(2)3-4-5/h1-7,9H,(H,18,19,21);3-4H2,1-2H3. The Balaban J connectivity index is 0.000000339. The number of nitrogens with zero attached hydrogens (tertiary/aromatic N) is 3. The number of anilines is 1. The van der Waals surface area contributed by atoms with E-state index in [0.29, 0.717) is 34.6 Å². The first-order valence-corrected chi connectivity index (χ1v) is 8.32. The monoisotopic (exact) mass is 350 g/mol. The normalized spacial score (nSPS) is 14.1. The van der Waals surface area contributed by atoms with E-state index in [4.69, 9.17) is 5.26 Å². The zero-order valence-corrected chi connectivity index (χ0v) is 14.7. The summed E-state index contributed by atoms with van der Waals surface area (Å²) in [5, 5.41) is 11.5. The predicted molar refractivity (Wildman–Crippen MR) is 98.4 cm³/mol. The molecule has 1 N–H and O–H groups in total. The molecule has 0 atom stereocenters. The van der Waals surface area contributed by atoms with Crippen molar-refractivity contribution < 1.29 is 9.18 Å². The maximum Gasteiger partial charge on any atom is 0.215 e. The number of halogens is 1. The van der Waals surface area contributed by atoms with Crippen molar-refractivity contribution in [2.45, 2.75) is 26.7 Å². The van der Waals surface area contributed by atoms with Crippen LogP contribution in [-0.2, 0) is 4.79 Å². The van der Waals surface area contributed by atoms with Gasteiger partial charge in [0, 0.05) is 5.69 Å². The number of benzene rings is 2. The number of hydrogen-bond donors (Lipinski definition) is 1. The summed E-state index contributed by atoms with van der Waals surface area (Å²) in [4.78, 5) is 15.0. The number of carbonyl (C=O) groups is 1. The van der Waals surface area contributed by atoms with E-state index in [-0.39, 0.29) is 5.82 Å². The molecular formula is C20H19FN4O. The van der Waals surface area contributed by atoms with Crippen LogP contribution in [0.1, 0.15) is 32.3 Å². The van der Waals surface area contributed by atoms with Gasteiger partial charge in [-0.25, -0.2) is 9.37 Å². The highest BCUT2D eigenvalue weighted by Crippen LogP contribution is 2.43. The van der Waals surface area contributed by atoms with E-state index in [1.165, 1.54) is 25.0 Å². The van der Waals surface area contributed by atoms with Crippen LogP contribution in [0.3, 0.4) is 0 Å². The summed E-state index contributed by atoms with van der Waals surface area (Å²) >= 11 is 0. The highest BCUT2D eigenvalue weighted by molar-refractivity contribution is 5.85. The van der Waals surface area contributed by atoms with Crippen LogP contribution in [0.2, 0.25) is 0 Å². The number of amides is 1. The van der Waals surface area contributed by atoms with Crippen LogP contribution < -0.4 is 5.32 Å². The third-order valence-corrected chi connectivity index (χ3v) is 4.31. The van der Waals surface area contributed by atoms with Gasteiger partial charge in [0.15, 0.2) is 0 Å². The zero-order valence-electron chi connectivity index (χ0n) is 14.7. The fourth-order valence-corrected chi connectivity index (χ4v) is 2.40. The van der Waals surface area contributed by atoms with Crippen molar-refractivity contribution >= 4 is 23.4 Å². The van der Waals surface area contributed by atoms with E-state index in [9.17, 15) is 9.18 Å². The lowest BCUT2D eigenvalue weighted by molar-refractivity contribution is -0.105. The Bertz CT molecular complexity index is 977. The Labute approximate surface area is 151 Å². The predicted octanol–water partition coefficient (Wildman–Crippen LogP) is 4.41. The van der Waals surface area contributed by atoms with E-state index in [2.05, 4.69) is 30.2 Å². The van der Waals surface area contributed by atoms with Gasteiger partial charge in [-0.1, -0.05) is 13.8 Å². The number of rotatable bonds is 3. The summed E-state index contributed by atoms with van der Waals surface area (Å²) in [6.07, 6.45) is 3.42. The largest absolute Gasteiger partial charge is 0.298 e. The van der Waals surface area contributed by atoms with E-state index >= 15 is 0 Å². The molecule has 1 aliphatic rings. The molecule has 6 heteroatoms. The zero-order chi connectivity index (χ0) is 18.7. The van der Waals surface area contributed by atoms with Gasteiger partial charge in [-0.15, -0.1) is 0 Å². The van der Waals surface area contributed by atoms with E-state index in [0.717, 1.165) is 5.41 Å². The molecule has 0 aliphatic heterocycles. The SMILES string of the molecule is CC1(C)CC1.N#Cc1ccc2nc(NC=O)n(-c3ccc(F)cc3)c2c1. The Morgan fingerprint density at radius 1 is 1.23 bits per heavy atom. The number of nitrogens with one attached hydrogen (secondary N) is 1. The molecular weight excluding hydrogens is 331 g/mol. The number of hydrogen-bond acceptors (Lipinski definition) is 3.